The van der Waals surface area contributed by atoms with Crippen LogP contribution in [0.25, 0.3) is 0 Å². The predicted octanol–water partition coefficient (Wildman–Crippen LogP) is 4.82. The Morgan fingerprint density at radius 2 is 1.89 bits per heavy atom. The molecule has 1 aliphatic heterocycles. The highest BCUT2D eigenvalue weighted by molar-refractivity contribution is 6.39. The van der Waals surface area contributed by atoms with Gasteiger partial charge in [0.1, 0.15) is 5.82 Å². The third kappa shape index (κ3) is 4.57. The molecule has 6 nitrogen and oxygen atoms in total. The van der Waals surface area contributed by atoms with Gasteiger partial charge in [0.15, 0.2) is 0 Å². The van der Waals surface area contributed by atoms with Gasteiger partial charge in [-0.2, -0.15) is 0 Å². The molecular formula is C18H20Cl3N5O. The molecule has 3 rings (SSSR count). The number of carbonyl (C=O) groups is 1. The van der Waals surface area contributed by atoms with Gasteiger partial charge in [0.2, 0.25) is 5.28 Å². The number of hydrogen-bond donors (Lipinski definition) is 1. The first kappa shape index (κ1) is 20.0. The van der Waals surface area contributed by atoms with Gasteiger partial charge in [-0.3, -0.25) is 0 Å². The van der Waals surface area contributed by atoms with Crippen LogP contribution in [-0.4, -0.2) is 46.6 Å². The summed E-state index contributed by atoms with van der Waals surface area (Å²) < 4.78 is 0. The molecule has 2 amide bonds. The molecule has 1 aliphatic rings. The predicted molar refractivity (Wildman–Crippen MR) is 110 cm³/mol. The fourth-order valence-corrected chi connectivity index (χ4v) is 3.77. The number of nitrogens with one attached hydrogen (secondary N) is 1. The Morgan fingerprint density at radius 1 is 1.19 bits per heavy atom. The zero-order valence-electron chi connectivity index (χ0n) is 15.0. The molecule has 0 aliphatic carbocycles. The number of hydrogen-bond acceptors (Lipinski definition) is 4. The summed E-state index contributed by atoms with van der Waals surface area (Å²) in [5.74, 6) is 1.01. The minimum Gasteiger partial charge on any atom is -0.353 e. The topological polar surface area (TPSA) is 61.4 Å². The lowest BCUT2D eigenvalue weighted by atomic mass is 10.00. The molecule has 1 fully saturated rings. The molecular weight excluding hydrogens is 409 g/mol. The van der Waals surface area contributed by atoms with Crippen LogP contribution >= 0.6 is 34.8 Å². The van der Waals surface area contributed by atoms with E-state index in [0.717, 1.165) is 5.82 Å². The minimum absolute atomic E-state index is 0.00578. The third-order valence-corrected chi connectivity index (χ3v) is 5.39. The van der Waals surface area contributed by atoms with Crippen molar-refractivity contribution in [1.29, 1.82) is 0 Å². The summed E-state index contributed by atoms with van der Waals surface area (Å²) in [6.07, 6.45) is 1.63. The first-order chi connectivity index (χ1) is 12.9. The molecule has 1 saturated heterocycles. The van der Waals surface area contributed by atoms with E-state index in [1.165, 1.54) is 0 Å². The van der Waals surface area contributed by atoms with E-state index in [4.69, 9.17) is 34.8 Å². The van der Waals surface area contributed by atoms with Crippen LogP contribution in [-0.2, 0) is 0 Å². The van der Waals surface area contributed by atoms with E-state index in [-0.39, 0.29) is 23.3 Å². The van der Waals surface area contributed by atoms with Crippen LogP contribution in [0.4, 0.5) is 16.3 Å². The molecule has 1 aromatic carbocycles. The van der Waals surface area contributed by atoms with Gasteiger partial charge in [-0.15, -0.1) is 0 Å². The number of halogens is 3. The van der Waals surface area contributed by atoms with Crippen molar-refractivity contribution in [3.63, 3.8) is 0 Å². The number of nitrogens with zero attached hydrogens (tertiary/aromatic N) is 4. The van der Waals surface area contributed by atoms with Crippen molar-refractivity contribution in [3.8, 4) is 0 Å². The molecule has 0 spiro atoms. The molecule has 1 aromatic heterocycles. The quantitative estimate of drug-likeness (QED) is 0.712. The number of rotatable bonds is 3. The fraction of sp³-hybridized carbons (Fsp3) is 0.389. The zero-order valence-corrected chi connectivity index (χ0v) is 17.3. The Kier molecular flexibility index (Phi) is 6.29. The lowest BCUT2D eigenvalue weighted by molar-refractivity contribution is 0.156. The molecule has 1 unspecified atom stereocenters. The summed E-state index contributed by atoms with van der Waals surface area (Å²) >= 11 is 18.3. The van der Waals surface area contributed by atoms with Gasteiger partial charge in [-0.05, 0) is 35.7 Å². The van der Waals surface area contributed by atoms with Crippen molar-refractivity contribution in [2.75, 3.05) is 29.9 Å². The molecule has 0 bridgehead atoms. The van der Waals surface area contributed by atoms with Crippen LogP contribution in [0.15, 0.2) is 30.5 Å². The lowest BCUT2D eigenvalue weighted by Gasteiger charge is -2.43. The fourth-order valence-electron chi connectivity index (χ4n) is 3.14. The molecule has 27 heavy (non-hydrogen) atoms. The van der Waals surface area contributed by atoms with Crippen molar-refractivity contribution >= 4 is 52.3 Å². The second kappa shape index (κ2) is 8.50. The maximum absolute atomic E-state index is 12.9. The number of aromatic nitrogens is 2. The standard InChI is InChI=1S/C18H20Cl3N5O/c1-11(2)14-10-25(15-6-7-22-17(21)23-15)8-9-26(14)18(27)24-16-12(19)4-3-5-13(16)20/h3-7,11,14H,8-10H2,1-2H3,(H,24,27). The van der Waals surface area contributed by atoms with Crippen molar-refractivity contribution < 1.29 is 4.79 Å². The van der Waals surface area contributed by atoms with E-state index in [1.807, 2.05) is 11.0 Å². The average Bonchev–Trinajstić information content (AvgIpc) is 2.64. The van der Waals surface area contributed by atoms with Crippen molar-refractivity contribution in [2.45, 2.75) is 19.9 Å². The number of anilines is 2. The van der Waals surface area contributed by atoms with Crippen LogP contribution in [0.1, 0.15) is 13.8 Å². The highest BCUT2D eigenvalue weighted by Crippen LogP contribution is 2.31. The van der Waals surface area contributed by atoms with Gasteiger partial charge >= 0.3 is 6.03 Å². The van der Waals surface area contributed by atoms with Gasteiger partial charge in [-0.1, -0.05) is 43.1 Å². The van der Waals surface area contributed by atoms with E-state index in [1.54, 1.807) is 24.4 Å². The molecule has 144 valence electrons. The maximum Gasteiger partial charge on any atom is 0.322 e. The molecule has 1 N–H and O–H groups in total. The largest absolute Gasteiger partial charge is 0.353 e. The molecule has 2 heterocycles. The monoisotopic (exact) mass is 427 g/mol. The number of amides is 2. The van der Waals surface area contributed by atoms with Crippen LogP contribution < -0.4 is 10.2 Å². The molecule has 9 heteroatoms. The first-order valence-corrected chi connectivity index (χ1v) is 9.75. The highest BCUT2D eigenvalue weighted by atomic mass is 35.5. The van der Waals surface area contributed by atoms with Crippen LogP contribution in [0.2, 0.25) is 15.3 Å². The van der Waals surface area contributed by atoms with Crippen molar-refractivity contribution in [3.05, 3.63) is 45.8 Å². The smallest absolute Gasteiger partial charge is 0.322 e. The normalized spacial score (nSPS) is 17.3. The lowest BCUT2D eigenvalue weighted by Crippen LogP contribution is -2.58. The number of carbonyl (C=O) groups excluding carboxylic acids is 1. The number of para-hydroxylation sites is 1. The summed E-state index contributed by atoms with van der Waals surface area (Å²) in [7, 11) is 0. The summed E-state index contributed by atoms with van der Waals surface area (Å²) in [6, 6.07) is 6.73. The maximum atomic E-state index is 12.9. The van der Waals surface area contributed by atoms with Gasteiger partial charge in [0.25, 0.3) is 0 Å². The van der Waals surface area contributed by atoms with Crippen LogP contribution in [0.3, 0.4) is 0 Å². The first-order valence-electron chi connectivity index (χ1n) is 8.62. The second-order valence-corrected chi connectivity index (χ2v) is 7.81. The van der Waals surface area contributed by atoms with Gasteiger partial charge in [0.05, 0.1) is 21.8 Å². The molecule has 2 aromatic rings. The van der Waals surface area contributed by atoms with Gasteiger partial charge in [0, 0.05) is 25.8 Å². The Bertz CT molecular complexity index is 812. The SMILES string of the molecule is CC(C)C1CN(c2ccnc(Cl)n2)CCN1C(=O)Nc1c(Cl)cccc1Cl. The Labute approximate surface area is 173 Å². The summed E-state index contributed by atoms with van der Waals surface area (Å²) in [6.45, 7) is 6.00. The Balaban J connectivity index is 1.77. The minimum atomic E-state index is -0.218. The van der Waals surface area contributed by atoms with Crippen LogP contribution in [0, 0.1) is 5.92 Å². The molecule has 0 saturated carbocycles. The van der Waals surface area contributed by atoms with Crippen molar-refractivity contribution in [2.24, 2.45) is 5.92 Å². The summed E-state index contributed by atoms with van der Waals surface area (Å²) in [4.78, 5) is 25.1. The average molecular weight is 429 g/mol. The van der Waals surface area contributed by atoms with E-state index in [2.05, 4.69) is 34.0 Å². The van der Waals surface area contributed by atoms with Crippen molar-refractivity contribution in [1.82, 2.24) is 14.9 Å². The molecule has 0 radical (unpaired) electrons. The third-order valence-electron chi connectivity index (χ3n) is 4.58. The van der Waals surface area contributed by atoms with Gasteiger partial charge in [-0.25, -0.2) is 14.8 Å². The van der Waals surface area contributed by atoms with E-state index in [9.17, 15) is 4.79 Å². The molecule has 1 atom stereocenters. The van der Waals surface area contributed by atoms with E-state index in [0.29, 0.717) is 35.4 Å². The van der Waals surface area contributed by atoms with Gasteiger partial charge < -0.3 is 15.1 Å². The Hall–Kier alpha value is -1.76. The van der Waals surface area contributed by atoms with Crippen LogP contribution in [0.5, 0.6) is 0 Å². The summed E-state index contributed by atoms with van der Waals surface area (Å²) in [5, 5.41) is 3.88. The second-order valence-electron chi connectivity index (χ2n) is 6.66. The zero-order chi connectivity index (χ0) is 19.6. The summed E-state index contributed by atoms with van der Waals surface area (Å²) in [5.41, 5.74) is 0.429. The Morgan fingerprint density at radius 3 is 2.52 bits per heavy atom. The van der Waals surface area contributed by atoms with E-state index >= 15 is 0 Å². The number of benzene rings is 1. The highest BCUT2D eigenvalue weighted by Gasteiger charge is 2.33. The number of urea groups is 1. The van der Waals surface area contributed by atoms with E-state index < -0.39 is 0 Å². The number of piperazine rings is 1.